The van der Waals surface area contributed by atoms with E-state index in [0.29, 0.717) is 21.1 Å². The fourth-order valence-electron chi connectivity index (χ4n) is 3.77. The molecule has 13 heteroatoms. The maximum absolute atomic E-state index is 13.0. The molecule has 0 unspecified atom stereocenters. The van der Waals surface area contributed by atoms with Gasteiger partial charge in [-0.25, -0.2) is 0 Å². The highest BCUT2D eigenvalue weighted by atomic mass is 32.1. The second-order valence-electron chi connectivity index (χ2n) is 7.80. The maximum Gasteiger partial charge on any atom is 0.361 e. The van der Waals surface area contributed by atoms with Crippen LogP contribution in [-0.2, 0) is 24.8 Å². The summed E-state index contributed by atoms with van der Waals surface area (Å²) in [6.45, 7) is 5.69. The molecule has 1 aromatic carbocycles. The molecule has 11 nitrogen and oxygen atoms in total. The lowest BCUT2D eigenvalue weighted by atomic mass is 10.1. The van der Waals surface area contributed by atoms with Crippen molar-refractivity contribution in [3.63, 3.8) is 0 Å². The summed E-state index contributed by atoms with van der Waals surface area (Å²) in [5, 5.41) is 24.0. The highest BCUT2D eigenvalue weighted by Crippen LogP contribution is 2.46. The van der Waals surface area contributed by atoms with E-state index in [-0.39, 0.29) is 31.6 Å². The Balaban J connectivity index is 1.31. The van der Waals surface area contributed by atoms with Crippen LogP contribution in [0.4, 0.5) is 16.1 Å². The van der Waals surface area contributed by atoms with Gasteiger partial charge < -0.3 is 24.6 Å². The molecule has 35 heavy (non-hydrogen) atoms. The molecule has 186 valence electrons. The third-order valence-corrected chi connectivity index (χ3v) is 8.14. The van der Waals surface area contributed by atoms with Gasteiger partial charge in [-0.15, -0.1) is 15.3 Å². The summed E-state index contributed by atoms with van der Waals surface area (Å²) >= 11 is 1.28. The molecular weight excluding hydrogens is 489 g/mol. The molecule has 3 heterocycles. The van der Waals surface area contributed by atoms with Crippen LogP contribution in [0.3, 0.4) is 0 Å². The number of aromatic nitrogens is 4. The zero-order valence-electron chi connectivity index (χ0n) is 19.6. The quantitative estimate of drug-likeness (QED) is 0.366. The average Bonchev–Trinajstić information content (AvgIpc) is 3.50. The fourth-order valence-corrected chi connectivity index (χ4v) is 6.15. The van der Waals surface area contributed by atoms with Gasteiger partial charge in [0.2, 0.25) is 16.2 Å². The van der Waals surface area contributed by atoms with Crippen molar-refractivity contribution in [3.05, 3.63) is 48.2 Å². The van der Waals surface area contributed by atoms with E-state index in [4.69, 9.17) is 9.05 Å². The van der Waals surface area contributed by atoms with Crippen molar-refractivity contribution in [3.8, 4) is 0 Å². The predicted octanol–water partition coefficient (Wildman–Crippen LogP) is 3.09. The highest BCUT2D eigenvalue weighted by Gasteiger charge is 2.27. The number of amides is 1. The second kappa shape index (κ2) is 11.7. The lowest BCUT2D eigenvalue weighted by Gasteiger charge is -2.17. The molecule has 2 aromatic heterocycles. The van der Waals surface area contributed by atoms with E-state index in [1.54, 1.807) is 44.3 Å². The van der Waals surface area contributed by atoms with E-state index in [2.05, 4.69) is 35.9 Å². The third kappa shape index (κ3) is 6.61. The van der Waals surface area contributed by atoms with E-state index in [9.17, 15) is 9.36 Å². The van der Waals surface area contributed by atoms with Crippen LogP contribution >= 0.6 is 18.9 Å². The number of hydrogen-bond acceptors (Lipinski definition) is 11. The van der Waals surface area contributed by atoms with E-state index >= 15 is 0 Å². The minimum Gasteiger partial charge on any atom is -0.355 e. The molecule has 2 N–H and O–H groups in total. The van der Waals surface area contributed by atoms with Crippen LogP contribution in [0.15, 0.2) is 42.6 Å². The van der Waals surface area contributed by atoms with E-state index < -0.39 is 7.60 Å². The van der Waals surface area contributed by atoms with Crippen molar-refractivity contribution >= 4 is 46.2 Å². The van der Waals surface area contributed by atoms with Gasteiger partial charge >= 0.3 is 7.60 Å². The van der Waals surface area contributed by atoms with Gasteiger partial charge in [0, 0.05) is 25.3 Å². The van der Waals surface area contributed by atoms with Crippen LogP contribution in [-0.4, -0.2) is 58.6 Å². The summed E-state index contributed by atoms with van der Waals surface area (Å²) in [5.41, 5.74) is 0.692. The lowest BCUT2D eigenvalue weighted by molar-refractivity contribution is -0.115. The molecule has 4 rings (SSSR count). The van der Waals surface area contributed by atoms with Gasteiger partial charge in [-0.05, 0) is 50.1 Å². The van der Waals surface area contributed by atoms with E-state index in [1.807, 2.05) is 12.1 Å². The summed E-state index contributed by atoms with van der Waals surface area (Å²) in [6.07, 6.45) is 2.68. The smallest absolute Gasteiger partial charge is 0.355 e. The molecule has 1 saturated heterocycles. The van der Waals surface area contributed by atoms with Crippen molar-refractivity contribution in [1.82, 2.24) is 20.4 Å². The number of benzene rings is 1. The molecule has 0 bridgehead atoms. The molecule has 0 saturated carbocycles. The Hall–Kier alpha value is -2.92. The number of nitrogens with zero attached hydrogens (tertiary/aromatic N) is 5. The summed E-state index contributed by atoms with van der Waals surface area (Å²) in [4.78, 5) is 14.8. The number of rotatable bonds is 11. The molecule has 1 amide bonds. The summed E-state index contributed by atoms with van der Waals surface area (Å²) in [5.74, 6) is 0.604. The van der Waals surface area contributed by atoms with Gasteiger partial charge in [0.25, 0.3) is 0 Å². The van der Waals surface area contributed by atoms with Crippen molar-refractivity contribution in [2.24, 2.45) is 0 Å². The van der Waals surface area contributed by atoms with Crippen LogP contribution in [0, 0.1) is 0 Å². The van der Waals surface area contributed by atoms with Gasteiger partial charge in [-0.3, -0.25) is 9.36 Å². The van der Waals surface area contributed by atoms with Crippen molar-refractivity contribution in [2.45, 2.75) is 32.7 Å². The molecule has 0 aliphatic carbocycles. The second-order valence-corrected chi connectivity index (χ2v) is 10.8. The van der Waals surface area contributed by atoms with Crippen molar-refractivity contribution < 1.29 is 18.4 Å². The minimum absolute atomic E-state index is 0.0874. The highest BCUT2D eigenvalue weighted by molar-refractivity contribution is 7.62. The molecule has 1 atom stereocenters. The zero-order chi connectivity index (χ0) is 24.7. The number of anilines is 3. The van der Waals surface area contributed by atoms with E-state index in [1.165, 1.54) is 11.3 Å². The van der Waals surface area contributed by atoms with Gasteiger partial charge in [-0.2, -0.15) is 5.10 Å². The minimum atomic E-state index is -3.42. The Morgan fingerprint density at radius 3 is 2.69 bits per heavy atom. The standard InChI is InChI=1S/C22H28N7O4PS/c1-3-32-34(31,33-4-2)18-8-5-7-16(13-18)14-20(30)25-22-28-27-21(35-22)24-17-10-12-29(15-17)19-9-6-11-23-26-19/h5-9,11,13,17H,3-4,10,12,14-15H2,1-2H3,(H,24,27)(H,25,28,30)/t17-/m1/s1. The Bertz CT molecular complexity index is 1170. The van der Waals surface area contributed by atoms with Gasteiger partial charge in [0.1, 0.15) is 0 Å². The van der Waals surface area contributed by atoms with Crippen LogP contribution in [0.2, 0.25) is 0 Å². The number of carbonyl (C=O) groups excluding carboxylic acids is 1. The molecule has 3 aromatic rings. The molecule has 1 aliphatic heterocycles. The van der Waals surface area contributed by atoms with Crippen molar-refractivity contribution in [1.29, 1.82) is 0 Å². The summed E-state index contributed by atoms with van der Waals surface area (Å²) < 4.78 is 23.8. The molecule has 0 radical (unpaired) electrons. The summed E-state index contributed by atoms with van der Waals surface area (Å²) in [6, 6.07) is 10.9. The average molecular weight is 518 g/mol. The van der Waals surface area contributed by atoms with Gasteiger partial charge in [-0.1, -0.05) is 23.5 Å². The Morgan fingerprint density at radius 1 is 1.14 bits per heavy atom. The number of carbonyl (C=O) groups is 1. The van der Waals surface area contributed by atoms with Crippen LogP contribution < -0.4 is 20.8 Å². The Morgan fingerprint density at radius 2 is 1.94 bits per heavy atom. The molecule has 1 aliphatic rings. The first-order valence-electron chi connectivity index (χ1n) is 11.4. The number of nitrogens with one attached hydrogen (secondary N) is 2. The third-order valence-electron chi connectivity index (χ3n) is 5.26. The normalized spacial score (nSPS) is 15.8. The first kappa shape index (κ1) is 25.2. The van der Waals surface area contributed by atoms with Crippen LogP contribution in [0.25, 0.3) is 0 Å². The Labute approximate surface area is 207 Å². The van der Waals surface area contributed by atoms with Crippen molar-refractivity contribution in [2.75, 3.05) is 41.8 Å². The topological polar surface area (TPSA) is 131 Å². The SMILES string of the molecule is CCOP(=O)(OCC)c1cccc(CC(=O)Nc2nnc(N[C@@H]3CCN(c4cccnn4)C3)s2)c1. The Kier molecular flexibility index (Phi) is 8.40. The molecular formula is C22H28N7O4PS. The van der Waals surface area contributed by atoms with Gasteiger partial charge in [0.05, 0.1) is 24.9 Å². The monoisotopic (exact) mass is 517 g/mol. The first-order chi connectivity index (χ1) is 17.0. The fraction of sp³-hybridized carbons (Fsp3) is 0.409. The van der Waals surface area contributed by atoms with Crippen LogP contribution in [0.5, 0.6) is 0 Å². The van der Waals surface area contributed by atoms with E-state index in [0.717, 1.165) is 25.3 Å². The predicted molar refractivity (Wildman–Crippen MR) is 135 cm³/mol. The largest absolute Gasteiger partial charge is 0.361 e. The van der Waals surface area contributed by atoms with Crippen LogP contribution in [0.1, 0.15) is 25.8 Å². The lowest BCUT2D eigenvalue weighted by Crippen LogP contribution is -2.26. The molecule has 1 fully saturated rings. The zero-order valence-corrected chi connectivity index (χ0v) is 21.3. The van der Waals surface area contributed by atoms with Gasteiger partial charge in [0.15, 0.2) is 5.82 Å². The molecule has 0 spiro atoms. The maximum atomic E-state index is 13.0. The first-order valence-corrected chi connectivity index (χ1v) is 13.8. The number of hydrogen-bond donors (Lipinski definition) is 2. The summed E-state index contributed by atoms with van der Waals surface area (Å²) in [7, 11) is -3.42.